The van der Waals surface area contributed by atoms with Crippen LogP contribution in [0.4, 0.5) is 0 Å². The second-order valence-corrected chi connectivity index (χ2v) is 3.79. The first kappa shape index (κ1) is 8.68. The lowest BCUT2D eigenvalue weighted by Crippen LogP contribution is -2.25. The molecule has 15 heavy (non-hydrogen) atoms. The molecule has 0 aliphatic carbocycles. The topological polar surface area (TPSA) is 42.4 Å². The molecule has 0 saturated carbocycles. The smallest absolute Gasteiger partial charge is 0.132 e. The zero-order chi connectivity index (χ0) is 10.3. The lowest BCUT2D eigenvalue weighted by Gasteiger charge is -2.22. The van der Waals surface area contributed by atoms with Gasteiger partial charge in [0.1, 0.15) is 12.4 Å². The molecule has 2 aromatic rings. The van der Waals surface area contributed by atoms with Crippen LogP contribution in [0.3, 0.4) is 0 Å². The lowest BCUT2D eigenvalue weighted by atomic mass is 10.0. The van der Waals surface area contributed by atoms with Crippen molar-refractivity contribution in [3.8, 4) is 5.75 Å². The van der Waals surface area contributed by atoms with Crippen LogP contribution in [0.1, 0.15) is 5.56 Å². The summed E-state index contributed by atoms with van der Waals surface area (Å²) >= 11 is 0. The van der Waals surface area contributed by atoms with E-state index in [-0.39, 0.29) is 6.10 Å². The van der Waals surface area contributed by atoms with E-state index in [0.29, 0.717) is 13.0 Å². The second-order valence-electron chi connectivity index (χ2n) is 3.79. The van der Waals surface area contributed by atoms with E-state index in [1.807, 2.05) is 24.3 Å². The molecule has 1 atom stereocenters. The highest BCUT2D eigenvalue weighted by atomic mass is 16.5. The number of pyridine rings is 1. The zero-order valence-corrected chi connectivity index (χ0v) is 8.18. The fourth-order valence-corrected chi connectivity index (χ4v) is 1.99. The third kappa shape index (κ3) is 1.36. The number of aromatic nitrogens is 1. The van der Waals surface area contributed by atoms with Crippen LogP contribution in [0.5, 0.6) is 5.75 Å². The van der Waals surface area contributed by atoms with Gasteiger partial charge in [-0.15, -0.1) is 0 Å². The molecule has 0 saturated heterocycles. The normalized spacial score (nSPS) is 19.7. The zero-order valence-electron chi connectivity index (χ0n) is 8.18. The average Bonchev–Trinajstić information content (AvgIpc) is 2.28. The molecule has 0 bridgehead atoms. The molecular weight excluding hydrogens is 190 g/mol. The molecule has 0 fully saturated rings. The number of nitrogens with zero attached hydrogens (tertiary/aromatic N) is 1. The van der Waals surface area contributed by atoms with E-state index < -0.39 is 0 Å². The van der Waals surface area contributed by atoms with Crippen molar-refractivity contribution in [3.63, 3.8) is 0 Å². The van der Waals surface area contributed by atoms with Crippen LogP contribution in [-0.4, -0.2) is 22.8 Å². The maximum absolute atomic E-state index is 9.49. The molecule has 1 N–H and O–H groups in total. The van der Waals surface area contributed by atoms with Crippen molar-refractivity contribution >= 4 is 10.9 Å². The summed E-state index contributed by atoms with van der Waals surface area (Å²) in [6.45, 7) is 0.376. The molecule has 0 amide bonds. The molecule has 76 valence electrons. The van der Waals surface area contributed by atoms with Crippen molar-refractivity contribution in [3.05, 3.63) is 36.0 Å². The average molecular weight is 201 g/mol. The number of aliphatic hydroxyl groups excluding tert-OH is 1. The van der Waals surface area contributed by atoms with Crippen molar-refractivity contribution < 1.29 is 9.84 Å². The van der Waals surface area contributed by atoms with Crippen LogP contribution < -0.4 is 4.74 Å². The van der Waals surface area contributed by atoms with E-state index in [1.165, 1.54) is 0 Å². The van der Waals surface area contributed by atoms with Gasteiger partial charge >= 0.3 is 0 Å². The minimum Gasteiger partial charge on any atom is -0.490 e. The Morgan fingerprint density at radius 3 is 3.20 bits per heavy atom. The summed E-state index contributed by atoms with van der Waals surface area (Å²) in [5.41, 5.74) is 2.00. The number of ether oxygens (including phenoxy) is 1. The standard InChI is InChI=1S/C12H11NO2/c14-9-6-8-3-4-11-10(2-1-5-13-11)12(8)15-7-9/h1-5,9,14H,6-7H2. The highest BCUT2D eigenvalue weighted by Gasteiger charge is 2.19. The monoisotopic (exact) mass is 201 g/mol. The Bertz CT molecular complexity index is 510. The summed E-state index contributed by atoms with van der Waals surface area (Å²) < 4.78 is 5.56. The fraction of sp³-hybridized carbons (Fsp3) is 0.250. The lowest BCUT2D eigenvalue weighted by molar-refractivity contribution is 0.0932. The predicted molar refractivity (Wildman–Crippen MR) is 56.9 cm³/mol. The third-order valence-corrected chi connectivity index (χ3v) is 2.69. The predicted octanol–water partition coefficient (Wildman–Crippen LogP) is 1.53. The molecule has 2 heterocycles. The van der Waals surface area contributed by atoms with Crippen molar-refractivity contribution in [1.82, 2.24) is 4.98 Å². The second kappa shape index (κ2) is 3.21. The van der Waals surface area contributed by atoms with Gasteiger partial charge in [-0.25, -0.2) is 0 Å². The van der Waals surface area contributed by atoms with E-state index in [9.17, 15) is 5.11 Å². The van der Waals surface area contributed by atoms with Crippen LogP contribution in [-0.2, 0) is 6.42 Å². The Balaban J connectivity index is 2.25. The molecule has 1 unspecified atom stereocenters. The van der Waals surface area contributed by atoms with Gasteiger partial charge in [0.15, 0.2) is 0 Å². The number of aliphatic hydroxyl groups is 1. The van der Waals surface area contributed by atoms with Gasteiger partial charge in [0.2, 0.25) is 0 Å². The first-order valence-electron chi connectivity index (χ1n) is 5.02. The number of benzene rings is 1. The molecule has 0 spiro atoms. The van der Waals surface area contributed by atoms with Crippen molar-refractivity contribution in [2.24, 2.45) is 0 Å². The summed E-state index contributed by atoms with van der Waals surface area (Å²) in [4.78, 5) is 4.27. The summed E-state index contributed by atoms with van der Waals surface area (Å²) in [6, 6.07) is 7.85. The van der Waals surface area contributed by atoms with Gasteiger partial charge in [0.25, 0.3) is 0 Å². The van der Waals surface area contributed by atoms with Gasteiger partial charge in [0.05, 0.1) is 11.6 Å². The van der Waals surface area contributed by atoms with Crippen LogP contribution in [0, 0.1) is 0 Å². The van der Waals surface area contributed by atoms with Gasteiger partial charge in [-0.2, -0.15) is 0 Å². The van der Waals surface area contributed by atoms with Gasteiger partial charge < -0.3 is 9.84 Å². The van der Waals surface area contributed by atoms with Gasteiger partial charge in [-0.3, -0.25) is 4.98 Å². The highest BCUT2D eigenvalue weighted by Crippen LogP contribution is 2.32. The van der Waals surface area contributed by atoms with Gasteiger partial charge in [-0.05, 0) is 23.8 Å². The van der Waals surface area contributed by atoms with Crippen LogP contribution in [0.15, 0.2) is 30.5 Å². The Hall–Kier alpha value is -1.61. The fourth-order valence-electron chi connectivity index (χ4n) is 1.99. The van der Waals surface area contributed by atoms with Crippen LogP contribution in [0.2, 0.25) is 0 Å². The van der Waals surface area contributed by atoms with E-state index in [2.05, 4.69) is 4.98 Å². The molecule has 1 aliphatic heterocycles. The molecular formula is C12H11NO2. The first-order chi connectivity index (χ1) is 7.34. The van der Waals surface area contributed by atoms with Crippen molar-refractivity contribution in [2.45, 2.75) is 12.5 Å². The number of fused-ring (bicyclic) bond motifs is 3. The SMILES string of the molecule is OC1COc2c(ccc3ncccc23)C1. The summed E-state index contributed by atoms with van der Waals surface area (Å²) in [5.74, 6) is 0.880. The highest BCUT2D eigenvalue weighted by molar-refractivity contribution is 5.86. The quantitative estimate of drug-likeness (QED) is 0.702. The number of hydrogen-bond acceptors (Lipinski definition) is 3. The van der Waals surface area contributed by atoms with Crippen LogP contribution in [0.25, 0.3) is 10.9 Å². The first-order valence-corrected chi connectivity index (χ1v) is 5.02. The molecule has 3 nitrogen and oxygen atoms in total. The molecule has 1 aromatic carbocycles. The Labute approximate surface area is 87.3 Å². The Morgan fingerprint density at radius 2 is 2.27 bits per heavy atom. The van der Waals surface area contributed by atoms with Crippen molar-refractivity contribution in [2.75, 3.05) is 6.61 Å². The van der Waals surface area contributed by atoms with E-state index in [4.69, 9.17) is 4.74 Å². The summed E-state index contributed by atoms with van der Waals surface area (Å²) in [7, 11) is 0. The molecule has 1 aliphatic rings. The maximum Gasteiger partial charge on any atom is 0.132 e. The van der Waals surface area contributed by atoms with E-state index >= 15 is 0 Å². The minimum atomic E-state index is -0.383. The Morgan fingerprint density at radius 1 is 1.33 bits per heavy atom. The van der Waals surface area contributed by atoms with Crippen LogP contribution >= 0.6 is 0 Å². The largest absolute Gasteiger partial charge is 0.490 e. The summed E-state index contributed by atoms with van der Waals surface area (Å²) in [6.07, 6.45) is 2.05. The van der Waals surface area contributed by atoms with E-state index in [0.717, 1.165) is 22.2 Å². The van der Waals surface area contributed by atoms with Gasteiger partial charge in [0, 0.05) is 18.0 Å². The molecule has 3 heteroatoms. The maximum atomic E-state index is 9.49. The molecule has 3 rings (SSSR count). The Kier molecular flexibility index (Phi) is 1.86. The number of rotatable bonds is 0. The summed E-state index contributed by atoms with van der Waals surface area (Å²) in [5, 5.41) is 10.5. The van der Waals surface area contributed by atoms with Gasteiger partial charge in [-0.1, -0.05) is 6.07 Å². The van der Waals surface area contributed by atoms with Crippen molar-refractivity contribution in [1.29, 1.82) is 0 Å². The minimum absolute atomic E-state index is 0.376. The third-order valence-electron chi connectivity index (χ3n) is 2.69. The van der Waals surface area contributed by atoms with E-state index in [1.54, 1.807) is 6.20 Å². The molecule has 0 radical (unpaired) electrons. The number of hydrogen-bond donors (Lipinski definition) is 1. The molecule has 1 aromatic heterocycles.